The summed E-state index contributed by atoms with van der Waals surface area (Å²) in [5.41, 5.74) is 0.349. The summed E-state index contributed by atoms with van der Waals surface area (Å²) >= 11 is 1.12. The Hall–Kier alpha value is -2.43. The maximum Gasteiger partial charge on any atom is 0.513 e. The molecule has 1 amide bonds. The number of nitrogens with one attached hydrogen (secondary N) is 2. The van der Waals surface area contributed by atoms with E-state index in [1.165, 1.54) is 30.3 Å². The lowest BCUT2D eigenvalue weighted by atomic mass is 10.2. The van der Waals surface area contributed by atoms with Crippen LogP contribution >= 0.6 is 11.3 Å². The molecular weight excluding hydrogens is 380 g/mol. The fourth-order valence-corrected chi connectivity index (χ4v) is 3.94. The lowest BCUT2D eigenvalue weighted by Crippen LogP contribution is -2.34. The first-order valence-corrected chi connectivity index (χ1v) is 10.0. The lowest BCUT2D eigenvalue weighted by Gasteiger charge is -2.08. The summed E-state index contributed by atoms with van der Waals surface area (Å²) in [6.45, 7) is 2.06. The number of sulfonamides is 1. The Labute approximate surface area is 155 Å². The minimum Gasteiger partial charge on any atom is -0.434 e. The average Bonchev–Trinajstić information content (AvgIpc) is 3.15. The number of benzene rings is 1. The Bertz CT molecular complexity index is 832. The fraction of sp³-hybridized carbons (Fsp3) is 0.250. The molecule has 1 aromatic carbocycles. The predicted molar refractivity (Wildman–Crippen MR) is 95.9 cm³/mol. The minimum atomic E-state index is -3.54. The molecule has 8 nitrogen and oxygen atoms in total. The van der Waals surface area contributed by atoms with E-state index < -0.39 is 16.2 Å². The van der Waals surface area contributed by atoms with Gasteiger partial charge in [-0.1, -0.05) is 6.07 Å². The van der Waals surface area contributed by atoms with Gasteiger partial charge in [-0.2, -0.15) is 0 Å². The van der Waals surface area contributed by atoms with Crippen LogP contribution in [0.3, 0.4) is 0 Å². The second-order valence-corrected chi connectivity index (χ2v) is 7.84. The van der Waals surface area contributed by atoms with Crippen molar-refractivity contribution in [1.82, 2.24) is 10.0 Å². The summed E-state index contributed by atoms with van der Waals surface area (Å²) in [5, 5.41) is 4.27. The summed E-state index contributed by atoms with van der Waals surface area (Å²) in [5.74, 6) is -0.119. The van der Waals surface area contributed by atoms with E-state index in [-0.39, 0.29) is 35.6 Å². The van der Waals surface area contributed by atoms with Crippen LogP contribution in [0.25, 0.3) is 0 Å². The number of rotatable bonds is 8. The van der Waals surface area contributed by atoms with Crippen molar-refractivity contribution in [3.63, 3.8) is 0 Å². The SMILES string of the molecule is CCOC(=O)Oc1ccc(C(=O)NCCNS(=O)(=O)c2cccs2)cc1. The molecule has 0 bridgehead atoms. The summed E-state index contributed by atoms with van der Waals surface area (Å²) in [6, 6.07) is 9.05. The maximum absolute atomic E-state index is 12.0. The van der Waals surface area contributed by atoms with Crippen molar-refractivity contribution in [2.24, 2.45) is 0 Å². The summed E-state index contributed by atoms with van der Waals surface area (Å²) in [6.07, 6.45) is -0.817. The van der Waals surface area contributed by atoms with Crippen molar-refractivity contribution < 1.29 is 27.5 Å². The largest absolute Gasteiger partial charge is 0.513 e. The molecule has 0 unspecified atom stereocenters. The third-order valence-corrected chi connectivity index (χ3v) is 5.90. The Balaban J connectivity index is 1.78. The number of ether oxygens (including phenoxy) is 2. The van der Waals surface area contributed by atoms with Gasteiger partial charge in [0.05, 0.1) is 6.61 Å². The van der Waals surface area contributed by atoms with E-state index in [0.29, 0.717) is 5.56 Å². The molecule has 10 heteroatoms. The molecule has 140 valence electrons. The molecule has 0 saturated carbocycles. The Morgan fingerprint density at radius 3 is 2.46 bits per heavy atom. The van der Waals surface area contributed by atoms with Gasteiger partial charge in [0.25, 0.3) is 5.91 Å². The van der Waals surface area contributed by atoms with E-state index in [1.54, 1.807) is 18.4 Å². The highest BCUT2D eigenvalue weighted by Gasteiger charge is 2.14. The van der Waals surface area contributed by atoms with Crippen LogP contribution in [0.15, 0.2) is 46.0 Å². The van der Waals surface area contributed by atoms with Gasteiger partial charge < -0.3 is 14.8 Å². The monoisotopic (exact) mass is 398 g/mol. The summed E-state index contributed by atoms with van der Waals surface area (Å²) in [4.78, 5) is 23.2. The zero-order valence-electron chi connectivity index (χ0n) is 13.9. The first-order chi connectivity index (χ1) is 12.4. The van der Waals surface area contributed by atoms with E-state index in [9.17, 15) is 18.0 Å². The number of thiophene rings is 1. The molecule has 2 N–H and O–H groups in total. The van der Waals surface area contributed by atoms with Gasteiger partial charge >= 0.3 is 6.16 Å². The second-order valence-electron chi connectivity index (χ2n) is 4.90. The third-order valence-electron chi connectivity index (χ3n) is 3.04. The number of hydrogen-bond acceptors (Lipinski definition) is 7. The molecule has 0 atom stereocenters. The van der Waals surface area contributed by atoms with Gasteiger partial charge in [-0.3, -0.25) is 4.79 Å². The highest BCUT2D eigenvalue weighted by Crippen LogP contribution is 2.15. The topological polar surface area (TPSA) is 111 Å². The Morgan fingerprint density at radius 2 is 1.85 bits per heavy atom. The second kappa shape index (κ2) is 9.32. The van der Waals surface area contributed by atoms with Gasteiger partial charge in [0.15, 0.2) is 0 Å². The van der Waals surface area contributed by atoms with Crippen LogP contribution in [-0.4, -0.2) is 40.2 Å². The molecule has 2 rings (SSSR count). The van der Waals surface area contributed by atoms with Crippen LogP contribution in [0.2, 0.25) is 0 Å². The number of carbonyl (C=O) groups excluding carboxylic acids is 2. The molecule has 0 radical (unpaired) electrons. The van der Waals surface area contributed by atoms with Crippen LogP contribution in [0.5, 0.6) is 5.75 Å². The van der Waals surface area contributed by atoms with Crippen molar-refractivity contribution in [1.29, 1.82) is 0 Å². The van der Waals surface area contributed by atoms with Crippen molar-refractivity contribution in [3.8, 4) is 5.75 Å². The van der Waals surface area contributed by atoms with E-state index >= 15 is 0 Å². The van der Waals surface area contributed by atoms with Crippen molar-refractivity contribution >= 4 is 33.4 Å². The van der Waals surface area contributed by atoms with Crippen LogP contribution < -0.4 is 14.8 Å². The van der Waals surface area contributed by atoms with Gasteiger partial charge in [0, 0.05) is 18.7 Å². The fourth-order valence-electron chi connectivity index (χ4n) is 1.87. The number of amides is 1. The molecule has 0 spiro atoms. The maximum atomic E-state index is 12.0. The van der Waals surface area contributed by atoms with E-state index in [4.69, 9.17) is 4.74 Å². The highest BCUT2D eigenvalue weighted by molar-refractivity contribution is 7.91. The quantitative estimate of drug-likeness (QED) is 0.400. The molecule has 1 aromatic heterocycles. The Kier molecular flexibility index (Phi) is 7.13. The van der Waals surface area contributed by atoms with E-state index in [2.05, 4.69) is 14.8 Å². The van der Waals surface area contributed by atoms with E-state index in [1.807, 2.05) is 0 Å². The predicted octanol–water partition coefficient (Wildman–Crippen LogP) is 1.99. The highest BCUT2D eigenvalue weighted by atomic mass is 32.2. The normalized spacial score (nSPS) is 11.0. The first-order valence-electron chi connectivity index (χ1n) is 7.68. The van der Waals surface area contributed by atoms with Gasteiger partial charge in [0.1, 0.15) is 9.96 Å². The van der Waals surface area contributed by atoms with Crippen LogP contribution in [-0.2, 0) is 14.8 Å². The van der Waals surface area contributed by atoms with Crippen LogP contribution in [0.4, 0.5) is 4.79 Å². The summed E-state index contributed by atoms with van der Waals surface area (Å²) in [7, 11) is -3.54. The summed E-state index contributed by atoms with van der Waals surface area (Å²) < 4.78 is 36.0. The number of hydrogen-bond donors (Lipinski definition) is 2. The Morgan fingerprint density at radius 1 is 1.12 bits per heavy atom. The average molecular weight is 398 g/mol. The van der Waals surface area contributed by atoms with Crippen molar-refractivity contribution in [2.75, 3.05) is 19.7 Å². The zero-order valence-corrected chi connectivity index (χ0v) is 15.6. The lowest BCUT2D eigenvalue weighted by molar-refractivity contribution is 0.0954. The molecular formula is C16H18N2O6S2. The molecule has 0 saturated heterocycles. The van der Waals surface area contributed by atoms with Gasteiger partial charge in [-0.05, 0) is 42.6 Å². The van der Waals surface area contributed by atoms with Crippen molar-refractivity contribution in [3.05, 3.63) is 47.3 Å². The van der Waals surface area contributed by atoms with Crippen LogP contribution in [0, 0.1) is 0 Å². The van der Waals surface area contributed by atoms with Gasteiger partial charge in [0.2, 0.25) is 10.0 Å². The minimum absolute atomic E-state index is 0.0655. The molecule has 26 heavy (non-hydrogen) atoms. The first kappa shape index (κ1) is 19.9. The van der Waals surface area contributed by atoms with Crippen molar-refractivity contribution in [2.45, 2.75) is 11.1 Å². The molecule has 2 aromatic rings. The molecule has 0 fully saturated rings. The molecule has 0 aliphatic rings. The molecule has 0 aliphatic carbocycles. The van der Waals surface area contributed by atoms with Gasteiger partial charge in [-0.15, -0.1) is 11.3 Å². The zero-order chi connectivity index (χ0) is 19.0. The van der Waals surface area contributed by atoms with Gasteiger partial charge in [-0.25, -0.2) is 17.9 Å². The third kappa shape index (κ3) is 5.83. The standard InChI is InChI=1S/C16H18N2O6S2/c1-2-23-16(20)24-13-7-5-12(6-8-13)15(19)17-9-10-18-26(21,22)14-4-3-11-25-14/h3-8,11,18H,2,9-10H2,1H3,(H,17,19). The number of carbonyl (C=O) groups is 2. The molecule has 1 heterocycles. The van der Waals surface area contributed by atoms with E-state index in [0.717, 1.165) is 11.3 Å². The smallest absolute Gasteiger partial charge is 0.434 e. The molecule has 0 aliphatic heterocycles. The van der Waals surface area contributed by atoms with Crippen LogP contribution in [0.1, 0.15) is 17.3 Å².